The van der Waals surface area contributed by atoms with Gasteiger partial charge in [0, 0.05) is 43.9 Å². The Hall–Kier alpha value is -2.89. The monoisotopic (exact) mass is 434 g/mol. The number of hydrogen-bond acceptors (Lipinski definition) is 9. The van der Waals surface area contributed by atoms with Crippen LogP contribution in [0.3, 0.4) is 0 Å². The topological polar surface area (TPSA) is 83.8 Å². The Morgan fingerprint density at radius 3 is 2.63 bits per heavy atom. The molecule has 0 bridgehead atoms. The molecule has 0 saturated carbocycles. The minimum atomic E-state index is -4.48. The van der Waals surface area contributed by atoms with Crippen molar-refractivity contribution < 1.29 is 13.2 Å². The average molecular weight is 434 g/mol. The van der Waals surface area contributed by atoms with Crippen LogP contribution < -0.4 is 9.80 Å². The molecule has 5 rings (SSSR count). The summed E-state index contributed by atoms with van der Waals surface area (Å²) in [7, 11) is 0. The Bertz CT molecular complexity index is 1070. The van der Waals surface area contributed by atoms with Crippen molar-refractivity contribution in [1.82, 2.24) is 30.1 Å². The number of anilines is 2. The first-order chi connectivity index (χ1) is 14.3. The summed E-state index contributed by atoms with van der Waals surface area (Å²) in [4.78, 5) is 20.7. The van der Waals surface area contributed by atoms with Gasteiger partial charge in [-0.15, -0.1) is 10.2 Å². The van der Waals surface area contributed by atoms with Crippen molar-refractivity contribution in [2.75, 3.05) is 36.0 Å². The van der Waals surface area contributed by atoms with Gasteiger partial charge < -0.3 is 9.80 Å². The summed E-state index contributed by atoms with van der Waals surface area (Å²) < 4.78 is 39.2. The molecule has 2 fully saturated rings. The van der Waals surface area contributed by atoms with E-state index in [1.165, 1.54) is 18.3 Å². The van der Waals surface area contributed by atoms with E-state index < -0.39 is 11.9 Å². The molecular formula is C18H17F3N8S. The second kappa shape index (κ2) is 6.83. The highest BCUT2D eigenvalue weighted by Crippen LogP contribution is 2.43. The number of rotatable bonds is 3. The Labute approximate surface area is 173 Å². The summed E-state index contributed by atoms with van der Waals surface area (Å²) in [5.74, 6) is 1.08. The van der Waals surface area contributed by atoms with Crippen LogP contribution >= 0.6 is 11.3 Å². The van der Waals surface area contributed by atoms with Gasteiger partial charge in [0.25, 0.3) is 0 Å². The second-order valence-corrected chi connectivity index (χ2v) is 8.50. The van der Waals surface area contributed by atoms with Gasteiger partial charge in [0.05, 0.1) is 0 Å². The fourth-order valence-corrected chi connectivity index (χ4v) is 4.58. The maximum atomic E-state index is 13.1. The average Bonchev–Trinajstić information content (AvgIpc) is 3.36. The molecule has 0 atom stereocenters. The van der Waals surface area contributed by atoms with E-state index in [2.05, 4.69) is 35.0 Å². The molecule has 8 nitrogen and oxygen atoms in total. The molecule has 0 aromatic carbocycles. The van der Waals surface area contributed by atoms with E-state index in [4.69, 9.17) is 0 Å². The molecule has 0 unspecified atom stereocenters. The SMILES string of the molecule is Cc1nc(N2CC3(CCN(c4nccc(-c5nncs5)n4)C3)C2)cc(C(F)(F)F)n1. The molecule has 156 valence electrons. The standard InChI is InChI=1S/C18H17F3N8S/c1-11-24-13(18(19,20)21)6-14(25-11)29-8-17(9-29)3-5-28(7-17)16-22-4-2-12(26-16)15-27-23-10-30-15/h2,4,6,10H,3,5,7-9H2,1H3. The maximum absolute atomic E-state index is 13.1. The van der Waals surface area contributed by atoms with Crippen LogP contribution in [0.15, 0.2) is 23.8 Å². The van der Waals surface area contributed by atoms with Gasteiger partial charge in [-0.3, -0.25) is 0 Å². The van der Waals surface area contributed by atoms with E-state index in [-0.39, 0.29) is 11.2 Å². The molecule has 0 amide bonds. The predicted molar refractivity (Wildman–Crippen MR) is 104 cm³/mol. The third kappa shape index (κ3) is 3.44. The van der Waals surface area contributed by atoms with Gasteiger partial charge in [0.15, 0.2) is 5.01 Å². The number of halogens is 3. The van der Waals surface area contributed by atoms with E-state index in [1.807, 2.05) is 4.90 Å². The van der Waals surface area contributed by atoms with Crippen molar-refractivity contribution in [2.24, 2.45) is 5.41 Å². The molecule has 2 saturated heterocycles. The van der Waals surface area contributed by atoms with Crippen LogP contribution in [0.5, 0.6) is 0 Å². The summed E-state index contributed by atoms with van der Waals surface area (Å²) in [6.07, 6.45) is -1.85. The molecule has 2 aliphatic rings. The first-order valence-electron chi connectivity index (χ1n) is 9.34. The number of alkyl halides is 3. The van der Waals surface area contributed by atoms with Gasteiger partial charge >= 0.3 is 6.18 Å². The highest BCUT2D eigenvalue weighted by molar-refractivity contribution is 7.12. The molecule has 3 aromatic heterocycles. The van der Waals surface area contributed by atoms with Gasteiger partial charge in [0.2, 0.25) is 5.95 Å². The summed E-state index contributed by atoms with van der Waals surface area (Å²) in [5.41, 5.74) is 1.49. The van der Waals surface area contributed by atoms with Crippen molar-refractivity contribution >= 4 is 23.1 Å². The minimum Gasteiger partial charge on any atom is -0.355 e. The molecule has 12 heteroatoms. The largest absolute Gasteiger partial charge is 0.433 e. The van der Waals surface area contributed by atoms with Gasteiger partial charge in [-0.05, 0) is 19.4 Å². The smallest absolute Gasteiger partial charge is 0.355 e. The molecule has 30 heavy (non-hydrogen) atoms. The lowest BCUT2D eigenvalue weighted by Gasteiger charge is -2.48. The lowest BCUT2D eigenvalue weighted by atomic mass is 9.79. The molecule has 0 radical (unpaired) electrons. The van der Waals surface area contributed by atoms with E-state index in [0.717, 1.165) is 36.3 Å². The first kappa shape index (κ1) is 19.1. The van der Waals surface area contributed by atoms with Gasteiger partial charge in [-0.1, -0.05) is 11.3 Å². The summed E-state index contributed by atoms with van der Waals surface area (Å²) in [5, 5.41) is 8.63. The van der Waals surface area contributed by atoms with Gasteiger partial charge in [-0.25, -0.2) is 19.9 Å². The van der Waals surface area contributed by atoms with Crippen molar-refractivity contribution in [2.45, 2.75) is 19.5 Å². The van der Waals surface area contributed by atoms with Crippen molar-refractivity contribution in [3.8, 4) is 10.7 Å². The summed E-state index contributed by atoms with van der Waals surface area (Å²) in [6, 6.07) is 2.83. The van der Waals surface area contributed by atoms with Crippen molar-refractivity contribution in [1.29, 1.82) is 0 Å². The summed E-state index contributed by atoms with van der Waals surface area (Å²) >= 11 is 1.41. The number of hydrogen-bond donors (Lipinski definition) is 0. The van der Waals surface area contributed by atoms with E-state index in [9.17, 15) is 13.2 Å². The highest BCUT2D eigenvalue weighted by Gasteiger charge is 2.49. The van der Waals surface area contributed by atoms with Crippen LogP contribution in [0, 0.1) is 12.3 Å². The highest BCUT2D eigenvalue weighted by atomic mass is 32.1. The molecule has 1 spiro atoms. The molecule has 5 heterocycles. The molecule has 0 aliphatic carbocycles. The fourth-order valence-electron chi connectivity index (χ4n) is 4.05. The van der Waals surface area contributed by atoms with Crippen LogP contribution in [-0.4, -0.2) is 56.3 Å². The fraction of sp³-hybridized carbons (Fsp3) is 0.444. The Kier molecular flexibility index (Phi) is 4.34. The van der Waals surface area contributed by atoms with Crippen LogP contribution in [0.25, 0.3) is 10.7 Å². The van der Waals surface area contributed by atoms with E-state index in [0.29, 0.717) is 24.9 Å². The lowest BCUT2D eigenvalue weighted by molar-refractivity contribution is -0.141. The second-order valence-electron chi connectivity index (χ2n) is 7.67. The Morgan fingerprint density at radius 1 is 1.10 bits per heavy atom. The zero-order chi connectivity index (χ0) is 20.9. The van der Waals surface area contributed by atoms with E-state index in [1.54, 1.807) is 17.8 Å². The summed E-state index contributed by atoms with van der Waals surface area (Å²) in [6.45, 7) is 4.32. The van der Waals surface area contributed by atoms with Crippen LogP contribution in [0.2, 0.25) is 0 Å². The molecule has 3 aromatic rings. The van der Waals surface area contributed by atoms with Crippen molar-refractivity contribution in [3.63, 3.8) is 0 Å². The first-order valence-corrected chi connectivity index (χ1v) is 10.2. The Balaban J connectivity index is 1.29. The molecular weight excluding hydrogens is 417 g/mol. The zero-order valence-electron chi connectivity index (χ0n) is 16.0. The van der Waals surface area contributed by atoms with Crippen LogP contribution in [0.1, 0.15) is 17.9 Å². The zero-order valence-corrected chi connectivity index (χ0v) is 16.8. The third-order valence-corrected chi connectivity index (χ3v) is 6.15. The quantitative estimate of drug-likeness (QED) is 0.622. The van der Waals surface area contributed by atoms with E-state index >= 15 is 0 Å². The lowest BCUT2D eigenvalue weighted by Crippen LogP contribution is -2.58. The minimum absolute atomic E-state index is 0.000642. The van der Waals surface area contributed by atoms with Gasteiger partial charge in [-0.2, -0.15) is 13.2 Å². The number of nitrogens with zero attached hydrogens (tertiary/aromatic N) is 8. The van der Waals surface area contributed by atoms with Crippen LogP contribution in [0.4, 0.5) is 24.9 Å². The molecule has 2 aliphatic heterocycles. The van der Waals surface area contributed by atoms with Crippen LogP contribution in [-0.2, 0) is 6.18 Å². The predicted octanol–water partition coefficient (Wildman–Crippen LogP) is 2.83. The van der Waals surface area contributed by atoms with Gasteiger partial charge in [0.1, 0.15) is 28.5 Å². The Morgan fingerprint density at radius 2 is 1.90 bits per heavy atom. The third-order valence-electron chi connectivity index (χ3n) is 5.43. The molecule has 0 N–H and O–H groups in total. The maximum Gasteiger partial charge on any atom is 0.433 e. The number of aryl methyl sites for hydroxylation is 1. The normalized spacial score (nSPS) is 18.1. The number of aromatic nitrogens is 6. The van der Waals surface area contributed by atoms with Crippen molar-refractivity contribution in [3.05, 3.63) is 35.4 Å².